The second kappa shape index (κ2) is 6.80. The lowest BCUT2D eigenvalue weighted by Gasteiger charge is -2.04. The lowest BCUT2D eigenvalue weighted by Crippen LogP contribution is -2.15. The summed E-state index contributed by atoms with van der Waals surface area (Å²) >= 11 is 0. The van der Waals surface area contributed by atoms with Gasteiger partial charge in [0.1, 0.15) is 0 Å². The molecule has 0 bridgehead atoms. The molecule has 8 nitrogen and oxygen atoms in total. The van der Waals surface area contributed by atoms with E-state index < -0.39 is 12.2 Å². The van der Waals surface area contributed by atoms with Gasteiger partial charge in [-0.15, -0.1) is 0 Å². The Labute approximate surface area is 121 Å². The molecule has 0 fully saturated rings. The van der Waals surface area contributed by atoms with Crippen molar-refractivity contribution in [3.05, 3.63) is 29.9 Å². The number of ether oxygens (including phenoxy) is 2. The van der Waals surface area contributed by atoms with Gasteiger partial charge in [-0.3, -0.25) is 4.98 Å². The minimum absolute atomic E-state index is 0.173. The molecule has 2 rings (SSSR count). The van der Waals surface area contributed by atoms with Gasteiger partial charge in [0.05, 0.1) is 12.3 Å². The van der Waals surface area contributed by atoms with Crippen molar-refractivity contribution in [2.24, 2.45) is 5.73 Å². The minimum atomic E-state index is -0.898. The number of hydrogen-bond acceptors (Lipinski definition) is 7. The molecular weight excluding hydrogens is 276 g/mol. The summed E-state index contributed by atoms with van der Waals surface area (Å²) in [6, 6.07) is 3.56. The highest BCUT2D eigenvalue weighted by Crippen LogP contribution is 2.20. The van der Waals surface area contributed by atoms with Crippen LogP contribution in [0.1, 0.15) is 31.5 Å². The van der Waals surface area contributed by atoms with Crippen LogP contribution in [-0.2, 0) is 16.1 Å². The first-order chi connectivity index (χ1) is 10.1. The molecule has 1 amide bonds. The number of aromatic nitrogens is 3. The third kappa shape index (κ3) is 3.99. The third-order valence-corrected chi connectivity index (χ3v) is 2.61. The first kappa shape index (κ1) is 14.9. The van der Waals surface area contributed by atoms with Gasteiger partial charge >= 0.3 is 6.09 Å². The maximum atomic E-state index is 10.7. The molecule has 0 radical (unpaired) electrons. The van der Waals surface area contributed by atoms with Gasteiger partial charge < -0.3 is 19.7 Å². The van der Waals surface area contributed by atoms with E-state index in [4.69, 9.17) is 19.7 Å². The average Bonchev–Trinajstić information content (AvgIpc) is 2.94. The fraction of sp³-hybridized carbons (Fsp3) is 0.385. The Balaban J connectivity index is 2.15. The minimum Gasteiger partial charge on any atom is -0.437 e. The molecule has 1 atom stereocenters. The van der Waals surface area contributed by atoms with E-state index in [-0.39, 0.29) is 5.89 Å². The number of pyridine rings is 1. The molecule has 0 saturated heterocycles. The summed E-state index contributed by atoms with van der Waals surface area (Å²) in [6.45, 7) is 4.53. The zero-order valence-corrected chi connectivity index (χ0v) is 11.8. The maximum absolute atomic E-state index is 10.7. The summed E-state index contributed by atoms with van der Waals surface area (Å²) in [5.74, 6) is 0.553. The molecular formula is C13H16N4O4. The SMILES string of the molecule is CCOCc1cc(-c2noc([C@H](C)OC(N)=O)n2)ccn1. The molecule has 0 saturated carbocycles. The van der Waals surface area contributed by atoms with Crippen molar-refractivity contribution in [2.75, 3.05) is 6.61 Å². The Morgan fingerprint density at radius 3 is 3.05 bits per heavy atom. The Kier molecular flexibility index (Phi) is 4.83. The molecule has 0 aromatic carbocycles. The first-order valence-electron chi connectivity index (χ1n) is 6.43. The summed E-state index contributed by atoms with van der Waals surface area (Å²) < 4.78 is 15.1. The van der Waals surface area contributed by atoms with Gasteiger partial charge in [0, 0.05) is 18.4 Å². The van der Waals surface area contributed by atoms with Gasteiger partial charge in [0.25, 0.3) is 5.89 Å². The number of nitrogens with zero attached hydrogens (tertiary/aromatic N) is 3. The number of primary amides is 1. The smallest absolute Gasteiger partial charge is 0.405 e. The fourth-order valence-corrected chi connectivity index (χ4v) is 1.65. The van der Waals surface area contributed by atoms with E-state index >= 15 is 0 Å². The van der Waals surface area contributed by atoms with Gasteiger partial charge in [-0.05, 0) is 26.0 Å². The van der Waals surface area contributed by atoms with Crippen LogP contribution in [0.25, 0.3) is 11.4 Å². The van der Waals surface area contributed by atoms with Crippen LogP contribution in [-0.4, -0.2) is 27.8 Å². The van der Waals surface area contributed by atoms with Crippen LogP contribution >= 0.6 is 0 Å². The summed E-state index contributed by atoms with van der Waals surface area (Å²) in [6.07, 6.45) is 0.0434. The molecule has 2 N–H and O–H groups in total. The van der Waals surface area contributed by atoms with Crippen LogP contribution in [0.15, 0.2) is 22.9 Å². The lowest BCUT2D eigenvalue weighted by atomic mass is 10.2. The second-order valence-electron chi connectivity index (χ2n) is 4.21. The summed E-state index contributed by atoms with van der Waals surface area (Å²) in [4.78, 5) is 19.1. The van der Waals surface area contributed by atoms with Gasteiger partial charge in [0.15, 0.2) is 6.10 Å². The van der Waals surface area contributed by atoms with E-state index in [0.29, 0.717) is 19.0 Å². The van der Waals surface area contributed by atoms with Crippen LogP contribution in [0.5, 0.6) is 0 Å². The molecule has 0 unspecified atom stereocenters. The van der Waals surface area contributed by atoms with E-state index in [9.17, 15) is 4.79 Å². The molecule has 2 aromatic rings. The van der Waals surface area contributed by atoms with E-state index in [1.165, 1.54) is 0 Å². The topological polar surface area (TPSA) is 113 Å². The molecule has 112 valence electrons. The molecule has 2 aromatic heterocycles. The normalized spacial score (nSPS) is 12.1. The molecule has 0 spiro atoms. The van der Waals surface area contributed by atoms with E-state index in [1.807, 2.05) is 13.0 Å². The van der Waals surface area contributed by atoms with E-state index in [2.05, 4.69) is 15.1 Å². The Bertz CT molecular complexity index is 614. The highest BCUT2D eigenvalue weighted by molar-refractivity contribution is 5.64. The predicted octanol–water partition coefficient (Wildman–Crippen LogP) is 1.82. The van der Waals surface area contributed by atoms with Gasteiger partial charge in [0.2, 0.25) is 5.82 Å². The highest BCUT2D eigenvalue weighted by atomic mass is 16.6. The zero-order chi connectivity index (χ0) is 15.2. The van der Waals surface area contributed by atoms with Crippen molar-refractivity contribution in [2.45, 2.75) is 26.6 Å². The van der Waals surface area contributed by atoms with Gasteiger partial charge in [-0.1, -0.05) is 5.16 Å². The van der Waals surface area contributed by atoms with Crippen molar-refractivity contribution in [3.8, 4) is 11.4 Å². The van der Waals surface area contributed by atoms with E-state index in [1.54, 1.807) is 19.2 Å². The highest BCUT2D eigenvalue weighted by Gasteiger charge is 2.18. The zero-order valence-electron chi connectivity index (χ0n) is 11.8. The molecule has 8 heteroatoms. The predicted molar refractivity (Wildman–Crippen MR) is 71.9 cm³/mol. The van der Waals surface area contributed by atoms with Gasteiger partial charge in [-0.25, -0.2) is 4.79 Å². The number of carbonyl (C=O) groups excluding carboxylic acids is 1. The monoisotopic (exact) mass is 292 g/mol. The standard InChI is InChI=1S/C13H16N4O4/c1-3-19-7-10-6-9(4-5-15-10)11-16-12(21-17-11)8(2)20-13(14)18/h4-6,8H,3,7H2,1-2H3,(H2,14,18)/t8-/m0/s1. The lowest BCUT2D eigenvalue weighted by molar-refractivity contribution is 0.0959. The number of rotatable bonds is 6. The first-order valence-corrected chi connectivity index (χ1v) is 6.43. The largest absolute Gasteiger partial charge is 0.437 e. The molecule has 0 aliphatic carbocycles. The van der Waals surface area contributed by atoms with Crippen molar-refractivity contribution < 1.29 is 18.8 Å². The maximum Gasteiger partial charge on any atom is 0.405 e. The van der Waals surface area contributed by atoms with Gasteiger partial charge in [-0.2, -0.15) is 4.98 Å². The van der Waals surface area contributed by atoms with Crippen molar-refractivity contribution in [1.82, 2.24) is 15.1 Å². The summed E-state index contributed by atoms with van der Waals surface area (Å²) in [5, 5.41) is 3.85. The van der Waals surface area contributed by atoms with Crippen LogP contribution in [0.3, 0.4) is 0 Å². The quantitative estimate of drug-likeness (QED) is 0.863. The number of nitrogens with two attached hydrogens (primary N) is 1. The number of carbonyl (C=O) groups is 1. The number of amides is 1. The van der Waals surface area contributed by atoms with E-state index in [0.717, 1.165) is 11.3 Å². The van der Waals surface area contributed by atoms with Crippen molar-refractivity contribution in [3.63, 3.8) is 0 Å². The van der Waals surface area contributed by atoms with Crippen molar-refractivity contribution >= 4 is 6.09 Å². The average molecular weight is 292 g/mol. The Morgan fingerprint density at radius 2 is 2.33 bits per heavy atom. The molecule has 2 heterocycles. The molecule has 0 aliphatic heterocycles. The van der Waals surface area contributed by atoms with Crippen LogP contribution in [0, 0.1) is 0 Å². The third-order valence-electron chi connectivity index (χ3n) is 2.61. The molecule has 21 heavy (non-hydrogen) atoms. The molecule has 0 aliphatic rings. The van der Waals surface area contributed by atoms with Crippen molar-refractivity contribution in [1.29, 1.82) is 0 Å². The summed E-state index contributed by atoms with van der Waals surface area (Å²) in [5.41, 5.74) is 6.44. The van der Waals surface area contributed by atoms with Crippen LogP contribution < -0.4 is 5.73 Å². The van der Waals surface area contributed by atoms with Crippen LogP contribution in [0.4, 0.5) is 4.79 Å². The summed E-state index contributed by atoms with van der Waals surface area (Å²) in [7, 11) is 0. The number of hydrogen-bond donors (Lipinski definition) is 1. The Hall–Kier alpha value is -2.48. The fourth-order valence-electron chi connectivity index (χ4n) is 1.65. The Morgan fingerprint density at radius 1 is 1.52 bits per heavy atom. The van der Waals surface area contributed by atoms with Crippen LogP contribution in [0.2, 0.25) is 0 Å². The second-order valence-corrected chi connectivity index (χ2v) is 4.21.